The van der Waals surface area contributed by atoms with Gasteiger partial charge in [-0.1, -0.05) is 24.3 Å². The molecule has 1 heterocycles. The average Bonchev–Trinajstić information content (AvgIpc) is 2.73. The van der Waals surface area contributed by atoms with Crippen molar-refractivity contribution < 1.29 is 27.7 Å². The van der Waals surface area contributed by atoms with E-state index in [1.165, 1.54) is 18.2 Å². The number of ether oxygens (including phenoxy) is 1. The molecule has 1 amide bonds. The van der Waals surface area contributed by atoms with Gasteiger partial charge in [0, 0.05) is 17.3 Å². The molecule has 0 aliphatic rings. The maximum Gasteiger partial charge on any atom is 0.418 e. The number of para-hydroxylation sites is 1. The summed E-state index contributed by atoms with van der Waals surface area (Å²) in [5.74, 6) is 0.153. The second-order valence-corrected chi connectivity index (χ2v) is 8.33. The Balaban J connectivity index is 1.67. The number of H-pyrrole nitrogens is 1. The van der Waals surface area contributed by atoms with Gasteiger partial charge in [0.25, 0.3) is 0 Å². The number of hydrogen-bond donors (Lipinski definition) is 3. The summed E-state index contributed by atoms with van der Waals surface area (Å²) in [6.07, 6.45) is -3.37. The maximum absolute atomic E-state index is 13.1. The standard InChI is InChI=1S/C24H24F3N5O2/c1-23(2,3)34-22(33)30-17-11-8-15(9-12-17)16-10-13-20(29-14-16)32-21(28)31-19-7-5-4-6-18(19)24(25,26)27/h4-14H,1-3H3,(H,30,33)(H3,28,29,31,32)/p+1. The Morgan fingerprint density at radius 1 is 0.941 bits per heavy atom. The first-order valence-corrected chi connectivity index (χ1v) is 10.3. The van der Waals surface area contributed by atoms with Gasteiger partial charge >= 0.3 is 24.0 Å². The van der Waals surface area contributed by atoms with E-state index in [0.29, 0.717) is 11.5 Å². The molecule has 178 valence electrons. The van der Waals surface area contributed by atoms with Crippen molar-refractivity contribution in [1.82, 2.24) is 0 Å². The minimum Gasteiger partial charge on any atom is -0.444 e. The summed E-state index contributed by atoms with van der Waals surface area (Å²) in [7, 11) is 0. The van der Waals surface area contributed by atoms with Gasteiger partial charge in [-0.05, 0) is 61.7 Å². The quantitative estimate of drug-likeness (QED) is 0.340. The number of aromatic nitrogens is 1. The number of pyridine rings is 1. The number of carbonyl (C=O) groups excluding carboxylic acids is 1. The number of rotatable bonds is 4. The average molecular weight is 472 g/mol. The van der Waals surface area contributed by atoms with Crippen molar-refractivity contribution in [3.8, 4) is 11.1 Å². The van der Waals surface area contributed by atoms with Gasteiger partial charge in [0.05, 0.1) is 17.4 Å². The number of benzene rings is 2. The number of halogens is 3. The Hall–Kier alpha value is -4.08. The molecular weight excluding hydrogens is 447 g/mol. The fourth-order valence-electron chi connectivity index (χ4n) is 2.97. The van der Waals surface area contributed by atoms with Crippen LogP contribution in [0, 0.1) is 0 Å². The van der Waals surface area contributed by atoms with Crippen LogP contribution in [0.4, 0.5) is 35.2 Å². The van der Waals surface area contributed by atoms with Crippen LogP contribution in [0.2, 0.25) is 0 Å². The lowest BCUT2D eigenvalue weighted by Crippen LogP contribution is -2.27. The summed E-state index contributed by atoms with van der Waals surface area (Å²) >= 11 is 0. The fraction of sp³-hybridized carbons (Fsp3) is 0.208. The summed E-state index contributed by atoms with van der Waals surface area (Å²) < 4.78 is 44.6. The second kappa shape index (κ2) is 9.82. The monoisotopic (exact) mass is 472 g/mol. The molecule has 34 heavy (non-hydrogen) atoms. The van der Waals surface area contributed by atoms with E-state index < -0.39 is 23.4 Å². The van der Waals surface area contributed by atoms with E-state index in [-0.39, 0.29) is 11.6 Å². The Morgan fingerprint density at radius 3 is 2.18 bits per heavy atom. The topological polar surface area (TPSA) is 103 Å². The van der Waals surface area contributed by atoms with Crippen molar-refractivity contribution in [3.05, 3.63) is 72.4 Å². The number of aliphatic imine (C=N–C) groups is 1. The predicted molar refractivity (Wildman–Crippen MR) is 125 cm³/mol. The molecule has 0 atom stereocenters. The van der Waals surface area contributed by atoms with Crippen LogP contribution >= 0.6 is 0 Å². The normalized spacial score (nSPS) is 12.2. The summed E-state index contributed by atoms with van der Waals surface area (Å²) in [5.41, 5.74) is 6.47. The Kier molecular flexibility index (Phi) is 7.09. The number of hydrogen-bond acceptors (Lipinski definition) is 3. The predicted octanol–water partition coefficient (Wildman–Crippen LogP) is 5.59. The first kappa shape index (κ1) is 24.6. The molecule has 0 aliphatic carbocycles. The van der Waals surface area contributed by atoms with Gasteiger partial charge < -0.3 is 15.8 Å². The minimum atomic E-state index is -4.52. The Morgan fingerprint density at radius 2 is 1.59 bits per heavy atom. The highest BCUT2D eigenvalue weighted by molar-refractivity contribution is 5.94. The Bertz CT molecular complexity index is 1170. The molecule has 1 aromatic heterocycles. The van der Waals surface area contributed by atoms with E-state index in [0.717, 1.165) is 17.2 Å². The van der Waals surface area contributed by atoms with Crippen LogP contribution in [0.1, 0.15) is 26.3 Å². The largest absolute Gasteiger partial charge is 0.444 e. The van der Waals surface area contributed by atoms with Gasteiger partial charge in [0.1, 0.15) is 5.60 Å². The van der Waals surface area contributed by atoms with Crippen LogP contribution < -0.4 is 21.4 Å². The van der Waals surface area contributed by atoms with Crippen molar-refractivity contribution in [2.45, 2.75) is 32.5 Å². The third-order valence-electron chi connectivity index (χ3n) is 4.40. The van der Waals surface area contributed by atoms with Crippen LogP contribution in [-0.2, 0) is 10.9 Å². The van der Waals surface area contributed by atoms with E-state index in [9.17, 15) is 18.0 Å². The molecule has 0 radical (unpaired) electrons. The molecule has 0 saturated heterocycles. The Labute approximate surface area is 194 Å². The number of guanidine groups is 1. The molecule has 0 spiro atoms. The lowest BCUT2D eigenvalue weighted by molar-refractivity contribution is -0.361. The molecule has 0 fully saturated rings. The van der Waals surface area contributed by atoms with Gasteiger partial charge in [-0.2, -0.15) is 13.2 Å². The van der Waals surface area contributed by atoms with Crippen molar-refractivity contribution in [2.24, 2.45) is 10.7 Å². The fourth-order valence-corrected chi connectivity index (χ4v) is 2.97. The molecule has 0 aliphatic heterocycles. The summed E-state index contributed by atoms with van der Waals surface area (Å²) in [6, 6.07) is 15.6. The van der Waals surface area contributed by atoms with E-state index in [4.69, 9.17) is 10.5 Å². The molecule has 7 nitrogen and oxygen atoms in total. The zero-order valence-electron chi connectivity index (χ0n) is 18.8. The van der Waals surface area contributed by atoms with Crippen molar-refractivity contribution in [1.29, 1.82) is 0 Å². The lowest BCUT2D eigenvalue weighted by Gasteiger charge is -2.19. The summed E-state index contributed by atoms with van der Waals surface area (Å²) in [6.45, 7) is 5.35. The zero-order valence-corrected chi connectivity index (χ0v) is 18.8. The number of aromatic amines is 1. The second-order valence-electron chi connectivity index (χ2n) is 8.33. The number of carbonyl (C=O) groups is 1. The van der Waals surface area contributed by atoms with E-state index >= 15 is 0 Å². The van der Waals surface area contributed by atoms with Crippen LogP contribution in [0.15, 0.2) is 71.9 Å². The number of amides is 1. The third-order valence-corrected chi connectivity index (χ3v) is 4.40. The van der Waals surface area contributed by atoms with Crippen LogP contribution in [0.3, 0.4) is 0 Å². The third kappa shape index (κ3) is 6.96. The highest BCUT2D eigenvalue weighted by atomic mass is 19.4. The molecule has 0 saturated carbocycles. The lowest BCUT2D eigenvalue weighted by atomic mass is 10.1. The van der Waals surface area contributed by atoms with E-state index in [1.54, 1.807) is 51.2 Å². The van der Waals surface area contributed by atoms with Gasteiger partial charge in [-0.15, -0.1) is 0 Å². The number of nitrogens with one attached hydrogen (secondary N) is 3. The first-order chi connectivity index (χ1) is 15.9. The number of nitrogens with two attached hydrogens (primary N) is 1. The van der Waals surface area contributed by atoms with Crippen molar-refractivity contribution in [2.75, 3.05) is 10.6 Å². The van der Waals surface area contributed by atoms with E-state index in [2.05, 4.69) is 20.6 Å². The van der Waals surface area contributed by atoms with Crippen molar-refractivity contribution >= 4 is 29.2 Å². The zero-order chi connectivity index (χ0) is 24.9. The summed E-state index contributed by atoms with van der Waals surface area (Å²) in [4.78, 5) is 18.9. The smallest absolute Gasteiger partial charge is 0.418 e. The maximum atomic E-state index is 13.1. The number of nitrogens with zero attached hydrogens (tertiary/aromatic N) is 1. The molecule has 2 aromatic carbocycles. The molecule has 3 rings (SSSR count). The SMILES string of the molecule is CC(C)(C)OC(=O)Nc1ccc(-c2ccc(N=C(N)Nc3ccccc3C(F)(F)F)[nH+]c2)cc1. The van der Waals surface area contributed by atoms with Crippen LogP contribution in [0.25, 0.3) is 11.1 Å². The van der Waals surface area contributed by atoms with Crippen LogP contribution in [0.5, 0.6) is 0 Å². The van der Waals surface area contributed by atoms with E-state index in [1.807, 2.05) is 12.1 Å². The molecule has 0 unspecified atom stereocenters. The highest BCUT2D eigenvalue weighted by Gasteiger charge is 2.33. The molecule has 3 aromatic rings. The molecule has 10 heteroatoms. The van der Waals surface area contributed by atoms with Gasteiger partial charge in [-0.25, -0.2) is 9.78 Å². The van der Waals surface area contributed by atoms with Gasteiger partial charge in [-0.3, -0.25) is 5.32 Å². The van der Waals surface area contributed by atoms with Gasteiger partial charge in [0.2, 0.25) is 0 Å². The van der Waals surface area contributed by atoms with Gasteiger partial charge in [0.15, 0.2) is 0 Å². The minimum absolute atomic E-state index is 0.187. The first-order valence-electron chi connectivity index (χ1n) is 10.3. The number of anilines is 2. The number of alkyl halides is 3. The summed E-state index contributed by atoms with van der Waals surface area (Å²) in [5, 5.41) is 5.15. The van der Waals surface area contributed by atoms with Crippen LogP contribution in [-0.4, -0.2) is 17.7 Å². The molecule has 5 N–H and O–H groups in total. The highest BCUT2D eigenvalue weighted by Crippen LogP contribution is 2.34. The van der Waals surface area contributed by atoms with Crippen molar-refractivity contribution in [3.63, 3.8) is 0 Å². The molecule has 0 bridgehead atoms. The molecular formula is C24H25F3N5O2+.